The molecule has 0 saturated carbocycles. The van der Waals surface area contributed by atoms with E-state index in [1.807, 2.05) is 60.7 Å². The fraction of sp³-hybridized carbons (Fsp3) is 0.136. The molecule has 0 bridgehead atoms. The Morgan fingerprint density at radius 1 is 0.808 bits per heavy atom. The molecule has 3 nitrogen and oxygen atoms in total. The van der Waals surface area contributed by atoms with Crippen molar-refractivity contribution in [2.45, 2.75) is 12.7 Å². The standard InChI is InChI=1S/C22H19FO3/c23-20-13-11-17(12-14-20)15-25-21(24)16-26-22(18-7-3-1-4-8-18)19-9-5-2-6-10-19/h1-14,22H,15-16H2. The van der Waals surface area contributed by atoms with Gasteiger partial charge in [-0.3, -0.25) is 0 Å². The van der Waals surface area contributed by atoms with Gasteiger partial charge in [0.25, 0.3) is 0 Å². The highest BCUT2D eigenvalue weighted by Gasteiger charge is 2.16. The molecule has 0 aromatic heterocycles. The van der Waals surface area contributed by atoms with Crippen molar-refractivity contribution in [2.75, 3.05) is 6.61 Å². The second-order valence-electron chi connectivity index (χ2n) is 5.80. The van der Waals surface area contributed by atoms with Crippen molar-refractivity contribution in [1.82, 2.24) is 0 Å². The summed E-state index contributed by atoms with van der Waals surface area (Å²) in [5.74, 6) is -0.789. The molecule has 0 saturated heterocycles. The molecular weight excluding hydrogens is 331 g/mol. The maximum Gasteiger partial charge on any atom is 0.332 e. The Hall–Kier alpha value is -2.98. The number of halogens is 1. The van der Waals surface area contributed by atoms with E-state index >= 15 is 0 Å². The maximum atomic E-state index is 12.9. The van der Waals surface area contributed by atoms with Crippen LogP contribution in [0.2, 0.25) is 0 Å². The summed E-state index contributed by atoms with van der Waals surface area (Å²) in [6, 6.07) is 25.3. The Morgan fingerprint density at radius 3 is 1.88 bits per heavy atom. The number of hydrogen-bond donors (Lipinski definition) is 0. The quantitative estimate of drug-likeness (QED) is 0.581. The Labute approximate surface area is 152 Å². The minimum atomic E-state index is -0.466. The summed E-state index contributed by atoms with van der Waals surface area (Å²) < 4.78 is 23.9. The molecule has 0 N–H and O–H groups in total. The van der Waals surface area contributed by atoms with E-state index in [0.29, 0.717) is 0 Å². The van der Waals surface area contributed by atoms with Crippen LogP contribution in [0.25, 0.3) is 0 Å². The maximum absolute atomic E-state index is 12.9. The van der Waals surface area contributed by atoms with Gasteiger partial charge in [0.15, 0.2) is 0 Å². The van der Waals surface area contributed by atoms with E-state index in [1.54, 1.807) is 12.1 Å². The average Bonchev–Trinajstić information content (AvgIpc) is 2.69. The average molecular weight is 350 g/mol. The number of hydrogen-bond acceptors (Lipinski definition) is 3. The molecule has 0 fully saturated rings. The van der Waals surface area contributed by atoms with Gasteiger partial charge in [-0.1, -0.05) is 72.8 Å². The highest BCUT2D eigenvalue weighted by molar-refractivity contribution is 5.70. The van der Waals surface area contributed by atoms with Crippen LogP contribution in [-0.4, -0.2) is 12.6 Å². The van der Waals surface area contributed by atoms with Crippen LogP contribution in [0.4, 0.5) is 4.39 Å². The zero-order chi connectivity index (χ0) is 18.2. The fourth-order valence-corrected chi connectivity index (χ4v) is 2.58. The molecule has 4 heteroatoms. The first-order chi connectivity index (χ1) is 12.7. The normalized spacial score (nSPS) is 10.7. The van der Waals surface area contributed by atoms with Crippen molar-refractivity contribution in [3.8, 4) is 0 Å². The summed E-state index contributed by atoms with van der Waals surface area (Å²) in [6.07, 6.45) is -0.351. The van der Waals surface area contributed by atoms with Crippen molar-refractivity contribution < 1.29 is 18.7 Å². The SMILES string of the molecule is O=C(COC(c1ccccc1)c1ccccc1)OCc1ccc(F)cc1. The lowest BCUT2D eigenvalue weighted by Gasteiger charge is -2.18. The lowest BCUT2D eigenvalue weighted by molar-refractivity contribution is -0.151. The Bertz CT molecular complexity index is 778. The first kappa shape index (κ1) is 17.8. The summed E-state index contributed by atoms with van der Waals surface area (Å²) in [5.41, 5.74) is 2.65. The van der Waals surface area contributed by atoms with Crippen molar-refractivity contribution in [2.24, 2.45) is 0 Å². The summed E-state index contributed by atoms with van der Waals surface area (Å²) in [7, 11) is 0. The Kier molecular flexibility index (Phi) is 6.12. The molecule has 0 spiro atoms. The number of carbonyl (C=O) groups is 1. The van der Waals surface area contributed by atoms with Gasteiger partial charge in [0.2, 0.25) is 0 Å². The zero-order valence-corrected chi connectivity index (χ0v) is 14.2. The lowest BCUT2D eigenvalue weighted by Crippen LogP contribution is -2.16. The smallest absolute Gasteiger partial charge is 0.332 e. The number of rotatable bonds is 7. The number of ether oxygens (including phenoxy) is 2. The molecule has 3 aromatic carbocycles. The highest BCUT2D eigenvalue weighted by atomic mass is 19.1. The van der Waals surface area contributed by atoms with Crippen molar-refractivity contribution in [3.05, 3.63) is 107 Å². The Balaban J connectivity index is 1.60. The predicted molar refractivity (Wildman–Crippen MR) is 96.9 cm³/mol. The third-order valence-electron chi connectivity index (χ3n) is 3.89. The third kappa shape index (κ3) is 5.01. The molecule has 26 heavy (non-hydrogen) atoms. The van der Waals surface area contributed by atoms with E-state index in [0.717, 1.165) is 16.7 Å². The molecule has 0 heterocycles. The molecule has 0 aliphatic heterocycles. The van der Waals surface area contributed by atoms with Crippen molar-refractivity contribution >= 4 is 5.97 Å². The van der Waals surface area contributed by atoms with E-state index in [2.05, 4.69) is 0 Å². The van der Waals surface area contributed by atoms with E-state index in [4.69, 9.17) is 9.47 Å². The van der Waals surface area contributed by atoms with Gasteiger partial charge in [-0.25, -0.2) is 9.18 Å². The molecule has 0 unspecified atom stereocenters. The zero-order valence-electron chi connectivity index (χ0n) is 14.2. The van der Waals surface area contributed by atoms with Gasteiger partial charge in [-0.15, -0.1) is 0 Å². The monoisotopic (exact) mass is 350 g/mol. The second-order valence-corrected chi connectivity index (χ2v) is 5.80. The van der Waals surface area contributed by atoms with Crippen molar-refractivity contribution in [3.63, 3.8) is 0 Å². The minimum Gasteiger partial charge on any atom is -0.459 e. The van der Waals surface area contributed by atoms with E-state index in [-0.39, 0.29) is 25.1 Å². The molecular formula is C22H19FO3. The number of esters is 1. The molecule has 132 valence electrons. The van der Waals surface area contributed by atoms with Gasteiger partial charge in [0.05, 0.1) is 0 Å². The summed E-state index contributed by atoms with van der Waals surface area (Å²) in [4.78, 5) is 12.0. The van der Waals surface area contributed by atoms with Crippen LogP contribution >= 0.6 is 0 Å². The van der Waals surface area contributed by atoms with Crippen LogP contribution in [0.5, 0.6) is 0 Å². The topological polar surface area (TPSA) is 35.5 Å². The van der Waals surface area contributed by atoms with Gasteiger partial charge in [0, 0.05) is 0 Å². The third-order valence-corrected chi connectivity index (χ3v) is 3.89. The summed E-state index contributed by atoms with van der Waals surface area (Å²) in [6.45, 7) is -0.0839. The largest absolute Gasteiger partial charge is 0.459 e. The number of carbonyl (C=O) groups excluding carboxylic acids is 1. The van der Waals surface area contributed by atoms with Crippen LogP contribution in [0.15, 0.2) is 84.9 Å². The van der Waals surface area contributed by atoms with Crippen LogP contribution in [0.1, 0.15) is 22.8 Å². The van der Waals surface area contributed by atoms with Crippen LogP contribution < -0.4 is 0 Å². The second kappa shape index (κ2) is 8.92. The molecule has 0 radical (unpaired) electrons. The van der Waals surface area contributed by atoms with E-state index in [1.165, 1.54) is 12.1 Å². The highest BCUT2D eigenvalue weighted by Crippen LogP contribution is 2.25. The first-order valence-electron chi connectivity index (χ1n) is 8.34. The van der Waals surface area contributed by atoms with Gasteiger partial charge in [-0.05, 0) is 28.8 Å². The fourth-order valence-electron chi connectivity index (χ4n) is 2.58. The Morgan fingerprint density at radius 2 is 1.35 bits per heavy atom. The first-order valence-corrected chi connectivity index (χ1v) is 8.34. The number of benzene rings is 3. The van der Waals surface area contributed by atoms with Crippen LogP contribution in [-0.2, 0) is 20.9 Å². The minimum absolute atomic E-state index is 0.0871. The molecule has 3 rings (SSSR count). The lowest BCUT2D eigenvalue weighted by atomic mass is 10.0. The summed E-state index contributed by atoms with van der Waals surface area (Å²) >= 11 is 0. The van der Waals surface area contributed by atoms with Gasteiger partial charge in [-0.2, -0.15) is 0 Å². The summed E-state index contributed by atoms with van der Waals surface area (Å²) in [5, 5.41) is 0. The molecule has 3 aromatic rings. The van der Waals surface area contributed by atoms with Crippen LogP contribution in [0.3, 0.4) is 0 Å². The van der Waals surface area contributed by atoms with Gasteiger partial charge >= 0.3 is 5.97 Å². The van der Waals surface area contributed by atoms with Gasteiger partial charge in [0.1, 0.15) is 25.1 Å². The van der Waals surface area contributed by atoms with E-state index < -0.39 is 5.97 Å². The van der Waals surface area contributed by atoms with Crippen molar-refractivity contribution in [1.29, 1.82) is 0 Å². The molecule has 0 aliphatic rings. The van der Waals surface area contributed by atoms with E-state index in [9.17, 15) is 9.18 Å². The molecule has 0 amide bonds. The van der Waals surface area contributed by atoms with Crippen LogP contribution in [0, 0.1) is 5.82 Å². The molecule has 0 atom stereocenters. The molecule has 0 aliphatic carbocycles. The van der Waals surface area contributed by atoms with Gasteiger partial charge < -0.3 is 9.47 Å². The predicted octanol–water partition coefficient (Wildman–Crippen LogP) is 4.68.